The summed E-state index contributed by atoms with van der Waals surface area (Å²) >= 11 is 0. The fourth-order valence-electron chi connectivity index (χ4n) is 1.89. The van der Waals surface area contributed by atoms with Crippen LogP contribution in [0.5, 0.6) is 0 Å². The van der Waals surface area contributed by atoms with Gasteiger partial charge in [-0.2, -0.15) is 5.26 Å². The first kappa shape index (κ1) is 16.6. The van der Waals surface area contributed by atoms with E-state index < -0.39 is 15.9 Å². The molecule has 0 aliphatic heterocycles. The number of carbonyl (C=O) groups is 1. The Hall–Kier alpha value is -2.79. The van der Waals surface area contributed by atoms with Gasteiger partial charge in [0.05, 0.1) is 36.4 Å². The molecule has 1 N–H and O–H groups in total. The normalized spacial score (nSPS) is 10.8. The average Bonchev–Trinajstić information content (AvgIpc) is 3.03. The van der Waals surface area contributed by atoms with Gasteiger partial charge in [0.25, 0.3) is 0 Å². The molecule has 0 aliphatic rings. The summed E-state index contributed by atoms with van der Waals surface area (Å²) in [7, 11) is -3.64. The second kappa shape index (κ2) is 6.98. The van der Waals surface area contributed by atoms with Crippen LogP contribution in [0.25, 0.3) is 0 Å². The van der Waals surface area contributed by atoms with Crippen molar-refractivity contribution in [1.82, 2.24) is 5.32 Å². The molecule has 2 aromatic rings. The molecule has 1 aromatic heterocycles. The first-order valence-corrected chi connectivity index (χ1v) is 8.52. The summed E-state index contributed by atoms with van der Waals surface area (Å²) in [6, 6.07) is 11.3. The minimum Gasteiger partial charge on any atom is -0.467 e. The van der Waals surface area contributed by atoms with Gasteiger partial charge in [0, 0.05) is 0 Å². The predicted molar refractivity (Wildman–Crippen MR) is 83.9 cm³/mol. The van der Waals surface area contributed by atoms with Gasteiger partial charge in [0.1, 0.15) is 12.3 Å². The molecule has 1 heterocycles. The summed E-state index contributed by atoms with van der Waals surface area (Å²) in [5.74, 6) is 0.110. The molecule has 0 fully saturated rings. The maximum Gasteiger partial charge on any atom is 0.241 e. The lowest BCUT2D eigenvalue weighted by molar-refractivity contribution is -0.119. The predicted octanol–water partition coefficient (Wildman–Crippen LogP) is 1.23. The molecule has 2 rings (SSSR count). The van der Waals surface area contributed by atoms with Crippen molar-refractivity contribution in [2.24, 2.45) is 0 Å². The van der Waals surface area contributed by atoms with Crippen molar-refractivity contribution in [3.63, 3.8) is 0 Å². The third kappa shape index (κ3) is 4.59. The fraction of sp³-hybridized carbons (Fsp3) is 0.200. The SMILES string of the molecule is CS(=O)(=O)N(CC(=O)NCc1ccco1)c1ccc(C#N)cc1. The number of hydrogen-bond acceptors (Lipinski definition) is 5. The number of nitrogens with zero attached hydrogens (tertiary/aromatic N) is 2. The van der Waals surface area contributed by atoms with Crippen LogP contribution in [0, 0.1) is 11.3 Å². The zero-order valence-corrected chi connectivity index (χ0v) is 13.2. The molecule has 0 saturated carbocycles. The minimum atomic E-state index is -3.64. The van der Waals surface area contributed by atoms with Gasteiger partial charge < -0.3 is 9.73 Å². The number of hydrogen-bond donors (Lipinski definition) is 1. The molecule has 1 aromatic carbocycles. The number of benzene rings is 1. The topological polar surface area (TPSA) is 103 Å². The van der Waals surface area contributed by atoms with E-state index in [2.05, 4.69) is 5.32 Å². The number of amides is 1. The maximum absolute atomic E-state index is 12.0. The van der Waals surface area contributed by atoms with Gasteiger partial charge in [-0.25, -0.2) is 8.42 Å². The zero-order chi connectivity index (χ0) is 16.9. The molecular weight excluding hydrogens is 318 g/mol. The van der Waals surface area contributed by atoms with Crippen LogP contribution in [-0.4, -0.2) is 27.1 Å². The molecule has 0 atom stereocenters. The standard InChI is InChI=1S/C15H15N3O4S/c1-23(20,21)18(13-6-4-12(9-16)5-7-13)11-15(19)17-10-14-3-2-8-22-14/h2-8H,10-11H2,1H3,(H,17,19). The van der Waals surface area contributed by atoms with Crippen molar-refractivity contribution in [2.75, 3.05) is 17.1 Å². The van der Waals surface area contributed by atoms with Crippen LogP contribution >= 0.6 is 0 Å². The summed E-state index contributed by atoms with van der Waals surface area (Å²) < 4.78 is 29.9. The van der Waals surface area contributed by atoms with Crippen molar-refractivity contribution in [3.05, 3.63) is 54.0 Å². The molecule has 8 heteroatoms. The van der Waals surface area contributed by atoms with Crippen LogP contribution in [-0.2, 0) is 21.4 Å². The summed E-state index contributed by atoms with van der Waals surface area (Å²) in [4.78, 5) is 12.0. The third-order valence-electron chi connectivity index (χ3n) is 3.01. The monoisotopic (exact) mass is 333 g/mol. The van der Waals surface area contributed by atoms with E-state index in [0.717, 1.165) is 10.6 Å². The highest BCUT2D eigenvalue weighted by molar-refractivity contribution is 7.92. The Bertz CT molecular complexity index is 805. The number of carbonyl (C=O) groups excluding carboxylic acids is 1. The van der Waals surface area contributed by atoms with E-state index in [-0.39, 0.29) is 13.1 Å². The van der Waals surface area contributed by atoms with Crippen molar-refractivity contribution < 1.29 is 17.6 Å². The molecule has 120 valence electrons. The molecule has 0 bridgehead atoms. The Kier molecular flexibility index (Phi) is 5.03. The van der Waals surface area contributed by atoms with Crippen molar-refractivity contribution >= 4 is 21.6 Å². The summed E-state index contributed by atoms with van der Waals surface area (Å²) in [6.07, 6.45) is 2.51. The average molecular weight is 333 g/mol. The zero-order valence-electron chi connectivity index (χ0n) is 12.4. The number of furan rings is 1. The third-order valence-corrected chi connectivity index (χ3v) is 4.15. The molecule has 0 radical (unpaired) electrons. The van der Waals surface area contributed by atoms with Crippen LogP contribution < -0.4 is 9.62 Å². The molecular formula is C15H15N3O4S. The van der Waals surface area contributed by atoms with Gasteiger partial charge in [-0.3, -0.25) is 9.10 Å². The van der Waals surface area contributed by atoms with E-state index in [4.69, 9.17) is 9.68 Å². The molecule has 0 spiro atoms. The van der Waals surface area contributed by atoms with Crippen molar-refractivity contribution in [3.8, 4) is 6.07 Å². The molecule has 0 unspecified atom stereocenters. The van der Waals surface area contributed by atoms with E-state index >= 15 is 0 Å². The maximum atomic E-state index is 12.0. The van der Waals surface area contributed by atoms with Gasteiger partial charge in [0.2, 0.25) is 15.9 Å². The van der Waals surface area contributed by atoms with Gasteiger partial charge in [-0.05, 0) is 36.4 Å². The molecule has 1 amide bonds. The Morgan fingerprint density at radius 1 is 1.30 bits per heavy atom. The highest BCUT2D eigenvalue weighted by Crippen LogP contribution is 2.17. The van der Waals surface area contributed by atoms with E-state index in [1.165, 1.54) is 30.5 Å². The number of nitrogens with one attached hydrogen (secondary N) is 1. The van der Waals surface area contributed by atoms with Crippen LogP contribution in [0.3, 0.4) is 0 Å². The lowest BCUT2D eigenvalue weighted by Gasteiger charge is -2.21. The number of sulfonamides is 1. The molecule has 23 heavy (non-hydrogen) atoms. The minimum absolute atomic E-state index is 0.177. The molecule has 0 aliphatic carbocycles. The summed E-state index contributed by atoms with van der Waals surface area (Å²) in [6.45, 7) is -0.178. The molecule has 0 saturated heterocycles. The Morgan fingerprint density at radius 3 is 2.52 bits per heavy atom. The highest BCUT2D eigenvalue weighted by atomic mass is 32.2. The van der Waals surface area contributed by atoms with E-state index in [0.29, 0.717) is 17.0 Å². The fourth-order valence-corrected chi connectivity index (χ4v) is 2.74. The van der Waals surface area contributed by atoms with Crippen LogP contribution in [0.4, 0.5) is 5.69 Å². The van der Waals surface area contributed by atoms with Gasteiger partial charge in [-0.1, -0.05) is 0 Å². The number of nitriles is 1. The summed E-state index contributed by atoms with van der Waals surface area (Å²) in [5.41, 5.74) is 0.726. The second-order valence-electron chi connectivity index (χ2n) is 4.78. The lowest BCUT2D eigenvalue weighted by atomic mass is 10.2. The largest absolute Gasteiger partial charge is 0.467 e. The van der Waals surface area contributed by atoms with E-state index in [1.54, 1.807) is 12.1 Å². The van der Waals surface area contributed by atoms with Gasteiger partial charge >= 0.3 is 0 Å². The van der Waals surface area contributed by atoms with Crippen LogP contribution in [0.2, 0.25) is 0 Å². The second-order valence-corrected chi connectivity index (χ2v) is 6.69. The lowest BCUT2D eigenvalue weighted by Crippen LogP contribution is -2.40. The Balaban J connectivity index is 2.09. The van der Waals surface area contributed by atoms with E-state index in [9.17, 15) is 13.2 Å². The Morgan fingerprint density at radius 2 is 2.00 bits per heavy atom. The quantitative estimate of drug-likeness (QED) is 0.856. The highest BCUT2D eigenvalue weighted by Gasteiger charge is 2.20. The van der Waals surface area contributed by atoms with E-state index in [1.807, 2.05) is 6.07 Å². The molecule has 7 nitrogen and oxygen atoms in total. The van der Waals surface area contributed by atoms with Gasteiger partial charge in [0.15, 0.2) is 0 Å². The van der Waals surface area contributed by atoms with Crippen LogP contribution in [0.15, 0.2) is 47.1 Å². The summed E-state index contributed by atoms with van der Waals surface area (Å²) in [5, 5.41) is 11.4. The van der Waals surface area contributed by atoms with Crippen molar-refractivity contribution in [1.29, 1.82) is 5.26 Å². The number of rotatable bonds is 6. The Labute approximate surface area is 134 Å². The van der Waals surface area contributed by atoms with Crippen LogP contribution in [0.1, 0.15) is 11.3 Å². The first-order chi connectivity index (χ1) is 10.9. The van der Waals surface area contributed by atoms with Crippen molar-refractivity contribution in [2.45, 2.75) is 6.54 Å². The van der Waals surface area contributed by atoms with Gasteiger partial charge in [-0.15, -0.1) is 0 Å². The first-order valence-electron chi connectivity index (χ1n) is 6.67. The number of anilines is 1. The smallest absolute Gasteiger partial charge is 0.241 e.